The first-order valence-electron chi connectivity index (χ1n) is 13.8. The van der Waals surface area contributed by atoms with Gasteiger partial charge in [0.05, 0.1) is 24.0 Å². The molecule has 0 amide bonds. The van der Waals surface area contributed by atoms with E-state index in [2.05, 4.69) is 76.0 Å². The molecule has 5 rings (SSSR count). The highest BCUT2D eigenvalue weighted by Crippen LogP contribution is 2.37. The summed E-state index contributed by atoms with van der Waals surface area (Å²) in [6.07, 6.45) is 2.44. The third kappa shape index (κ3) is 8.69. The normalized spacial score (nSPS) is 13.1. The van der Waals surface area contributed by atoms with Gasteiger partial charge in [0.1, 0.15) is 34.5 Å². The number of aryl methyl sites for hydroxylation is 1. The fourth-order valence-electron chi connectivity index (χ4n) is 4.88. The van der Waals surface area contributed by atoms with Gasteiger partial charge in [-0.1, -0.05) is 30.2 Å². The van der Waals surface area contributed by atoms with Gasteiger partial charge in [-0.2, -0.15) is 18.6 Å². The van der Waals surface area contributed by atoms with Gasteiger partial charge in [0.25, 0.3) is 0 Å². The number of ether oxygens (including phenoxy) is 2. The van der Waals surface area contributed by atoms with Crippen molar-refractivity contribution in [3.05, 3.63) is 82.7 Å². The predicted octanol–water partition coefficient (Wildman–Crippen LogP) is 7.70. The van der Waals surface area contributed by atoms with E-state index < -0.39 is 9.84 Å². The molecule has 3 aromatic carbocycles. The Labute approximate surface area is 264 Å². The maximum Gasteiger partial charge on any atom is 0.147 e. The van der Waals surface area contributed by atoms with Crippen LogP contribution in [-0.2, 0) is 16.4 Å². The van der Waals surface area contributed by atoms with E-state index in [-0.39, 0.29) is 25.2 Å². The van der Waals surface area contributed by atoms with Gasteiger partial charge in [0, 0.05) is 28.3 Å². The lowest BCUT2D eigenvalue weighted by Crippen LogP contribution is -2.08. The number of thiophene rings is 1. The van der Waals surface area contributed by atoms with Crippen molar-refractivity contribution in [2.75, 3.05) is 25.2 Å². The summed E-state index contributed by atoms with van der Waals surface area (Å²) in [4.78, 5) is 0. The molecule has 0 N–H and O–H groups in total. The maximum atomic E-state index is 11.3. The molecule has 0 aliphatic carbocycles. The first-order valence-corrected chi connectivity index (χ1v) is 16.7. The van der Waals surface area contributed by atoms with Crippen LogP contribution in [0.25, 0.3) is 21.2 Å². The third-order valence-electron chi connectivity index (χ3n) is 7.00. The molecule has 0 bridgehead atoms. The van der Waals surface area contributed by atoms with E-state index in [1.54, 1.807) is 11.3 Å². The average molecular weight is 634 g/mol. The van der Waals surface area contributed by atoms with Gasteiger partial charge in [0.15, 0.2) is 0 Å². The lowest BCUT2D eigenvalue weighted by Gasteiger charge is -2.12. The molecule has 1 aromatic heterocycles. The Morgan fingerprint density at radius 1 is 1.00 bits per heavy atom. The summed E-state index contributed by atoms with van der Waals surface area (Å²) in [6.45, 7) is 5.30. The molecule has 0 saturated heterocycles. The van der Waals surface area contributed by atoms with Gasteiger partial charge in [-0.15, -0.1) is 22.4 Å². The van der Waals surface area contributed by atoms with Crippen LogP contribution in [0.4, 0.5) is 0 Å². The predicted molar refractivity (Wildman–Crippen MR) is 181 cm³/mol. The molecule has 4 aromatic rings. The third-order valence-corrected chi connectivity index (χ3v) is 9.00. The van der Waals surface area contributed by atoms with Crippen LogP contribution in [0.2, 0.25) is 0 Å². The van der Waals surface area contributed by atoms with Gasteiger partial charge >= 0.3 is 0 Å². The van der Waals surface area contributed by atoms with Gasteiger partial charge in [-0.05, 0) is 89.5 Å². The van der Waals surface area contributed by atoms with E-state index in [0.717, 1.165) is 45.9 Å². The summed E-state index contributed by atoms with van der Waals surface area (Å²) in [5.74, 6) is 8.04. The molecule has 1 aliphatic rings. The number of sulfone groups is 1. The zero-order valence-corrected chi connectivity index (χ0v) is 27.1. The van der Waals surface area contributed by atoms with Gasteiger partial charge in [0.2, 0.25) is 0 Å². The molecule has 224 valence electrons. The van der Waals surface area contributed by atoms with E-state index in [9.17, 15) is 8.42 Å². The molecule has 0 radical (unpaired) electrons. The second-order valence-corrected chi connectivity index (χ2v) is 13.5. The average Bonchev–Trinajstić information content (AvgIpc) is 3.64. The number of hydrogen-bond acceptors (Lipinski definition) is 8. The van der Waals surface area contributed by atoms with Crippen LogP contribution in [0, 0.1) is 18.8 Å². The van der Waals surface area contributed by atoms with Crippen molar-refractivity contribution in [3.63, 3.8) is 0 Å². The Morgan fingerprint density at radius 2 is 1.79 bits per heavy atom. The molecule has 43 heavy (non-hydrogen) atoms. The van der Waals surface area contributed by atoms with Crippen molar-refractivity contribution in [3.8, 4) is 34.5 Å². The molecule has 2 heterocycles. The van der Waals surface area contributed by atoms with Gasteiger partial charge in [-0.3, -0.25) is 0 Å². The summed E-state index contributed by atoms with van der Waals surface area (Å²) >= 11 is 1.72. The quantitative estimate of drug-likeness (QED) is 0.118. The fourth-order valence-corrected chi connectivity index (χ4v) is 6.47. The summed E-state index contributed by atoms with van der Waals surface area (Å²) < 4.78 is 35.9. The topological polar surface area (TPSA) is 89.7 Å². The highest BCUT2D eigenvalue weighted by atomic mass is 32.2. The standard InChI is InChI=1S/C33H33N3O4S2.H2S/c1-4-6-26(19-27-20-34-36-35-27)25-8-10-28(11-9-25)40-21-24-7-14-33-31(18-24)32(22-41-33)30-13-12-29(17-23(30)2)39-15-5-16-42(3,37)38;/h7-14,17-18,22,26H,5,15-16,19-21H2,1-3H3;1H2/t26-;/m0./s1. The van der Waals surface area contributed by atoms with Crippen LogP contribution >= 0.6 is 24.8 Å². The minimum atomic E-state index is -2.98. The van der Waals surface area contributed by atoms with Crippen molar-refractivity contribution < 1.29 is 17.9 Å². The van der Waals surface area contributed by atoms with E-state index in [4.69, 9.17) is 9.47 Å². The van der Waals surface area contributed by atoms with Crippen LogP contribution in [0.3, 0.4) is 0 Å². The first kappa shape index (κ1) is 32.3. The number of benzene rings is 3. The Bertz CT molecular complexity index is 1800. The number of hydrogen-bond donors (Lipinski definition) is 0. The fraction of sp³-hybridized carbons (Fsp3) is 0.303. The molecule has 7 nitrogen and oxygen atoms in total. The van der Waals surface area contributed by atoms with Crippen molar-refractivity contribution in [1.29, 1.82) is 0 Å². The van der Waals surface area contributed by atoms with Crippen LogP contribution < -0.4 is 9.47 Å². The largest absolute Gasteiger partial charge is 0.494 e. The van der Waals surface area contributed by atoms with Crippen LogP contribution in [0.1, 0.15) is 42.4 Å². The number of nitrogens with zero attached hydrogens (tertiary/aromatic N) is 3. The van der Waals surface area contributed by atoms with Crippen molar-refractivity contribution in [1.82, 2.24) is 0 Å². The SMILES string of the molecule is CC#C[C@@H](CC1=NN=NC1)c1ccc(OCc2ccc3scc(-c4ccc(OCCCS(C)(=O)=O)cc4C)c3c2)cc1.S. The van der Waals surface area contributed by atoms with Gasteiger partial charge < -0.3 is 9.47 Å². The van der Waals surface area contributed by atoms with Crippen molar-refractivity contribution >= 4 is 50.5 Å². The second-order valence-electron chi connectivity index (χ2n) is 10.4. The zero-order chi connectivity index (χ0) is 29.5. The molecular weight excluding hydrogens is 599 g/mol. The minimum absolute atomic E-state index is 0. The summed E-state index contributed by atoms with van der Waals surface area (Å²) in [7, 11) is -2.98. The number of rotatable bonds is 12. The summed E-state index contributed by atoms with van der Waals surface area (Å²) in [5, 5.41) is 15.1. The minimum Gasteiger partial charge on any atom is -0.494 e. The van der Waals surface area contributed by atoms with Crippen molar-refractivity contribution in [2.24, 2.45) is 15.4 Å². The van der Waals surface area contributed by atoms with Crippen LogP contribution in [-0.4, -0.2) is 39.3 Å². The second kappa shape index (κ2) is 14.7. The molecular formula is C33H35N3O4S3. The lowest BCUT2D eigenvalue weighted by atomic mass is 9.94. The molecule has 0 saturated carbocycles. The lowest BCUT2D eigenvalue weighted by molar-refractivity contribution is 0.306. The van der Waals surface area contributed by atoms with E-state index >= 15 is 0 Å². The first-order chi connectivity index (χ1) is 20.3. The van der Waals surface area contributed by atoms with Crippen LogP contribution in [0.15, 0.2) is 81.5 Å². The molecule has 1 atom stereocenters. The number of fused-ring (bicyclic) bond motifs is 1. The monoisotopic (exact) mass is 633 g/mol. The summed E-state index contributed by atoms with van der Waals surface area (Å²) in [5.41, 5.74) is 6.60. The zero-order valence-electron chi connectivity index (χ0n) is 24.5. The van der Waals surface area contributed by atoms with E-state index in [1.165, 1.54) is 21.9 Å². The van der Waals surface area contributed by atoms with Crippen molar-refractivity contribution in [2.45, 2.75) is 39.2 Å². The maximum absolute atomic E-state index is 11.3. The Morgan fingerprint density at radius 3 is 2.49 bits per heavy atom. The molecule has 0 unspecified atom stereocenters. The Hall–Kier alpha value is -3.65. The Balaban J connectivity index is 0.00000423. The molecule has 1 aliphatic heterocycles. The van der Waals surface area contributed by atoms with E-state index in [0.29, 0.717) is 26.2 Å². The van der Waals surface area contributed by atoms with Crippen LogP contribution in [0.5, 0.6) is 11.5 Å². The molecule has 10 heteroatoms. The highest BCUT2D eigenvalue weighted by molar-refractivity contribution is 7.90. The summed E-state index contributed by atoms with van der Waals surface area (Å²) in [6, 6.07) is 20.6. The Kier molecular flexibility index (Phi) is 11.0. The smallest absolute Gasteiger partial charge is 0.147 e. The molecule has 0 spiro atoms. The highest BCUT2D eigenvalue weighted by Gasteiger charge is 2.15. The molecule has 0 fully saturated rings. The van der Waals surface area contributed by atoms with E-state index in [1.807, 2.05) is 31.2 Å². The van der Waals surface area contributed by atoms with Gasteiger partial charge in [-0.25, -0.2) is 8.42 Å².